The summed E-state index contributed by atoms with van der Waals surface area (Å²) in [5.41, 5.74) is 3.96. The van der Waals surface area contributed by atoms with E-state index in [0.717, 1.165) is 22.2 Å². The van der Waals surface area contributed by atoms with Crippen LogP contribution in [-0.2, 0) is 0 Å². The first kappa shape index (κ1) is 11.7. The molecule has 18 heavy (non-hydrogen) atoms. The fraction of sp³-hybridized carbons (Fsp3) is 0.357. The zero-order chi connectivity index (χ0) is 14.4. The molecule has 3 nitrogen and oxygen atoms in total. The number of aliphatic hydroxyl groups excluding tert-OH is 1. The molecule has 2 N–H and O–H groups in total. The van der Waals surface area contributed by atoms with Crippen molar-refractivity contribution < 1.29 is 11.6 Å². The topological polar surface area (TPSA) is 53.4 Å². The average Bonchev–Trinajstić information content (AvgIpc) is 2.33. The molecule has 1 aromatic carbocycles. The van der Waals surface area contributed by atoms with Crippen LogP contribution in [0.1, 0.15) is 29.9 Å². The van der Waals surface area contributed by atoms with Crippen molar-refractivity contribution in [3.05, 3.63) is 40.6 Å². The largest absolute Gasteiger partial charge is 0.400 e. The van der Waals surface area contributed by atoms with Crippen LogP contribution < -0.4 is 0 Å². The highest BCUT2D eigenvalue weighted by Gasteiger charge is 2.18. The van der Waals surface area contributed by atoms with Crippen LogP contribution >= 0.6 is 0 Å². The first-order valence-corrected chi connectivity index (χ1v) is 5.79. The van der Waals surface area contributed by atoms with E-state index in [-0.39, 0.29) is 0 Å². The third kappa shape index (κ3) is 2.02. The first-order valence-electron chi connectivity index (χ1n) is 6.29. The summed E-state index contributed by atoms with van der Waals surface area (Å²) in [6, 6.07) is 5.29. The molecule has 0 spiro atoms. The molecule has 1 heterocycles. The van der Waals surface area contributed by atoms with Gasteiger partial charge in [-0.25, -0.2) is 0 Å². The molecule has 4 heteroatoms. The van der Waals surface area contributed by atoms with E-state index in [0.29, 0.717) is 11.1 Å². The standard InChI is InChI=1S/C14H16BNO2/c1-7-8(2)10-5-4-6-11(13(17)14(15)18)12(10)16-9(7)3/h4-6,13-14,17-18H,1-3H3/i14D. The third-order valence-electron chi connectivity index (χ3n) is 3.43. The second-order valence-corrected chi connectivity index (χ2v) is 4.52. The second kappa shape index (κ2) is 4.71. The van der Waals surface area contributed by atoms with Crippen molar-refractivity contribution in [3.63, 3.8) is 0 Å². The van der Waals surface area contributed by atoms with Crippen LogP contribution in [0.25, 0.3) is 10.9 Å². The third-order valence-corrected chi connectivity index (χ3v) is 3.43. The minimum Gasteiger partial charge on any atom is -0.400 e. The number of benzene rings is 1. The van der Waals surface area contributed by atoms with Gasteiger partial charge in [0.05, 0.1) is 13.0 Å². The zero-order valence-corrected chi connectivity index (χ0v) is 10.7. The van der Waals surface area contributed by atoms with Gasteiger partial charge < -0.3 is 10.2 Å². The molecule has 0 fully saturated rings. The molecule has 0 amide bonds. The Morgan fingerprint density at radius 1 is 1.22 bits per heavy atom. The highest BCUT2D eigenvalue weighted by atomic mass is 16.3. The Kier molecular flexibility index (Phi) is 3.06. The summed E-state index contributed by atoms with van der Waals surface area (Å²) in [5.74, 6) is -2.44. The molecule has 0 bridgehead atoms. The maximum Gasteiger partial charge on any atom is 0.112 e. The Bertz CT molecular complexity index is 637. The summed E-state index contributed by atoms with van der Waals surface area (Å²) in [5, 5.41) is 20.4. The van der Waals surface area contributed by atoms with Gasteiger partial charge in [-0.3, -0.25) is 4.98 Å². The minimum absolute atomic E-state index is 0.365. The lowest BCUT2D eigenvalue weighted by Gasteiger charge is -2.18. The van der Waals surface area contributed by atoms with E-state index in [9.17, 15) is 10.2 Å². The van der Waals surface area contributed by atoms with Crippen LogP contribution in [0.15, 0.2) is 18.2 Å². The summed E-state index contributed by atoms with van der Waals surface area (Å²) >= 11 is 0. The quantitative estimate of drug-likeness (QED) is 0.788. The van der Waals surface area contributed by atoms with Crippen LogP contribution in [0.2, 0.25) is 0 Å². The minimum atomic E-state index is -2.44. The number of rotatable bonds is 2. The van der Waals surface area contributed by atoms with Crippen LogP contribution in [0.5, 0.6) is 0 Å². The Morgan fingerprint density at radius 3 is 2.50 bits per heavy atom. The number of hydrogen-bond acceptors (Lipinski definition) is 3. The molecule has 0 saturated carbocycles. The Hall–Kier alpha value is -1.39. The van der Waals surface area contributed by atoms with Crippen molar-refractivity contribution in [2.24, 2.45) is 0 Å². The Morgan fingerprint density at radius 2 is 1.89 bits per heavy atom. The van der Waals surface area contributed by atoms with Gasteiger partial charge in [0.15, 0.2) is 0 Å². The van der Waals surface area contributed by atoms with Crippen molar-refractivity contribution in [3.8, 4) is 0 Å². The highest BCUT2D eigenvalue weighted by molar-refractivity contribution is 6.11. The number of aryl methyl sites for hydroxylation is 2. The second-order valence-electron chi connectivity index (χ2n) is 4.52. The molecule has 1 aromatic heterocycles. The predicted molar refractivity (Wildman–Crippen MR) is 72.7 cm³/mol. The lowest BCUT2D eigenvalue weighted by molar-refractivity contribution is 0.0692. The van der Waals surface area contributed by atoms with E-state index < -0.39 is 12.1 Å². The molecular formula is C14H16BNO2. The SMILES string of the molecule is [2H]C([B])(O)C(O)c1cccc2c(C)c(C)c(C)nc12. The number of nitrogens with zero attached hydrogens (tertiary/aromatic N) is 1. The predicted octanol–water partition coefficient (Wildman–Crippen LogP) is 1.68. The Balaban J connectivity index is 2.78. The molecule has 2 rings (SSSR count). The lowest BCUT2D eigenvalue weighted by Crippen LogP contribution is -2.18. The molecule has 92 valence electrons. The van der Waals surface area contributed by atoms with E-state index in [4.69, 9.17) is 9.22 Å². The number of fused-ring (bicyclic) bond motifs is 1. The van der Waals surface area contributed by atoms with Gasteiger partial charge in [0.25, 0.3) is 0 Å². The van der Waals surface area contributed by atoms with E-state index in [1.807, 2.05) is 26.8 Å². The van der Waals surface area contributed by atoms with E-state index in [1.165, 1.54) is 0 Å². The van der Waals surface area contributed by atoms with Gasteiger partial charge in [-0.1, -0.05) is 18.2 Å². The molecule has 0 aliphatic carbocycles. The molecule has 2 aromatic rings. The molecular weight excluding hydrogens is 225 g/mol. The normalized spacial score (nSPS) is 17.3. The molecule has 0 aliphatic heterocycles. The van der Waals surface area contributed by atoms with Crippen LogP contribution in [-0.4, -0.2) is 29.0 Å². The lowest BCUT2D eigenvalue weighted by atomic mass is 9.88. The first-order chi connectivity index (χ1) is 8.73. The smallest absolute Gasteiger partial charge is 0.112 e. The fourth-order valence-electron chi connectivity index (χ4n) is 2.09. The van der Waals surface area contributed by atoms with Gasteiger partial charge in [0.2, 0.25) is 0 Å². The van der Waals surface area contributed by atoms with Crippen molar-refractivity contribution >= 4 is 18.7 Å². The summed E-state index contributed by atoms with van der Waals surface area (Å²) in [6.45, 7) is 5.86. The van der Waals surface area contributed by atoms with Gasteiger partial charge in [0, 0.05) is 22.6 Å². The van der Waals surface area contributed by atoms with Crippen LogP contribution in [0, 0.1) is 20.8 Å². The van der Waals surface area contributed by atoms with Gasteiger partial charge in [0.1, 0.15) is 7.85 Å². The molecule has 0 aliphatic rings. The Labute approximate surface area is 109 Å². The van der Waals surface area contributed by atoms with Crippen LogP contribution in [0.4, 0.5) is 0 Å². The van der Waals surface area contributed by atoms with Gasteiger partial charge >= 0.3 is 0 Å². The average molecular weight is 242 g/mol. The van der Waals surface area contributed by atoms with Crippen molar-refractivity contribution in [1.29, 1.82) is 0 Å². The number of hydrogen-bond donors (Lipinski definition) is 2. The molecule has 0 saturated heterocycles. The van der Waals surface area contributed by atoms with E-state index >= 15 is 0 Å². The highest BCUT2D eigenvalue weighted by Crippen LogP contribution is 2.28. The number of para-hydroxylation sites is 1. The summed E-state index contributed by atoms with van der Waals surface area (Å²) in [4.78, 5) is 4.46. The zero-order valence-electron chi connectivity index (χ0n) is 11.7. The summed E-state index contributed by atoms with van der Waals surface area (Å²) < 4.78 is 7.36. The van der Waals surface area contributed by atoms with Crippen molar-refractivity contribution in [1.82, 2.24) is 4.98 Å². The van der Waals surface area contributed by atoms with Gasteiger partial charge in [-0.05, 0) is 31.9 Å². The summed E-state index contributed by atoms with van der Waals surface area (Å²) in [7, 11) is 5.25. The number of pyridine rings is 1. The maximum absolute atomic E-state index is 10.0. The maximum atomic E-state index is 10.0. The fourth-order valence-corrected chi connectivity index (χ4v) is 2.09. The molecule has 2 radical (unpaired) electrons. The van der Waals surface area contributed by atoms with E-state index in [1.54, 1.807) is 12.1 Å². The van der Waals surface area contributed by atoms with Crippen molar-refractivity contribution in [2.45, 2.75) is 32.9 Å². The monoisotopic (exact) mass is 242 g/mol. The summed E-state index contributed by atoms with van der Waals surface area (Å²) in [6.07, 6.45) is -1.51. The molecule has 2 atom stereocenters. The van der Waals surface area contributed by atoms with Gasteiger partial charge in [-0.2, -0.15) is 0 Å². The van der Waals surface area contributed by atoms with Crippen LogP contribution in [0.3, 0.4) is 0 Å². The van der Waals surface area contributed by atoms with Crippen molar-refractivity contribution in [2.75, 3.05) is 0 Å². The molecule has 2 unspecified atom stereocenters. The number of aliphatic hydroxyl groups is 2. The van der Waals surface area contributed by atoms with Gasteiger partial charge in [-0.15, -0.1) is 0 Å². The van der Waals surface area contributed by atoms with E-state index in [2.05, 4.69) is 4.98 Å². The number of aromatic nitrogens is 1.